The highest BCUT2D eigenvalue weighted by atomic mass is 16.5. The molecule has 0 bridgehead atoms. The second kappa shape index (κ2) is 9.15. The molecule has 0 spiro atoms. The lowest BCUT2D eigenvalue weighted by Crippen LogP contribution is -2.36. The van der Waals surface area contributed by atoms with Crippen molar-refractivity contribution in [2.24, 2.45) is 11.5 Å². The van der Waals surface area contributed by atoms with E-state index in [2.05, 4.69) is 6.92 Å². The fourth-order valence-electron chi connectivity index (χ4n) is 1.29. The molecule has 0 aliphatic carbocycles. The molecule has 0 heterocycles. The van der Waals surface area contributed by atoms with Gasteiger partial charge in [-0.05, 0) is 6.42 Å². The Kier molecular flexibility index (Phi) is 8.52. The number of esters is 1. The van der Waals surface area contributed by atoms with E-state index in [-0.39, 0.29) is 6.42 Å². The quantitative estimate of drug-likeness (QED) is 0.450. The van der Waals surface area contributed by atoms with Crippen LogP contribution in [-0.4, -0.2) is 24.5 Å². The average molecular weight is 230 g/mol. The van der Waals surface area contributed by atoms with Crippen LogP contribution in [0.15, 0.2) is 0 Å². The first-order chi connectivity index (χ1) is 7.57. The smallest absolute Gasteiger partial charge is 0.323 e. The summed E-state index contributed by atoms with van der Waals surface area (Å²) in [6.45, 7) is 2.51. The van der Waals surface area contributed by atoms with Gasteiger partial charge >= 0.3 is 5.97 Å². The van der Waals surface area contributed by atoms with E-state index in [1.807, 2.05) is 0 Å². The number of primary amides is 1. The first-order valence-corrected chi connectivity index (χ1v) is 5.78. The Labute approximate surface area is 96.5 Å². The lowest BCUT2D eigenvalue weighted by atomic mass is 10.2. The van der Waals surface area contributed by atoms with Crippen LogP contribution < -0.4 is 11.5 Å². The minimum Gasteiger partial charge on any atom is -0.465 e. The van der Waals surface area contributed by atoms with Crippen molar-refractivity contribution >= 4 is 11.9 Å². The van der Waals surface area contributed by atoms with E-state index >= 15 is 0 Å². The number of hydrogen-bond acceptors (Lipinski definition) is 4. The van der Waals surface area contributed by atoms with Crippen molar-refractivity contribution in [2.75, 3.05) is 6.61 Å². The topological polar surface area (TPSA) is 95.4 Å². The molecular formula is C11H22N2O3. The summed E-state index contributed by atoms with van der Waals surface area (Å²) in [5.41, 5.74) is 10.3. The van der Waals surface area contributed by atoms with Gasteiger partial charge in [-0.1, -0.05) is 32.6 Å². The molecule has 0 unspecified atom stereocenters. The summed E-state index contributed by atoms with van der Waals surface area (Å²) in [5, 5.41) is 0. The summed E-state index contributed by atoms with van der Waals surface area (Å²) in [4.78, 5) is 21.7. The predicted molar refractivity (Wildman–Crippen MR) is 61.5 cm³/mol. The number of hydrogen-bond donors (Lipinski definition) is 2. The van der Waals surface area contributed by atoms with Gasteiger partial charge in [-0.3, -0.25) is 9.59 Å². The Balaban J connectivity index is 3.46. The van der Waals surface area contributed by atoms with Crippen LogP contribution in [0.2, 0.25) is 0 Å². The van der Waals surface area contributed by atoms with Gasteiger partial charge in [0.15, 0.2) is 0 Å². The highest BCUT2D eigenvalue weighted by Gasteiger charge is 2.16. The van der Waals surface area contributed by atoms with Gasteiger partial charge in [0.2, 0.25) is 5.91 Å². The predicted octanol–water partition coefficient (Wildman–Crippen LogP) is 0.703. The number of unbranched alkanes of at least 4 members (excludes halogenated alkanes) is 4. The largest absolute Gasteiger partial charge is 0.465 e. The maximum atomic E-state index is 11.2. The first-order valence-electron chi connectivity index (χ1n) is 5.78. The lowest BCUT2D eigenvalue weighted by molar-refractivity contribution is -0.146. The molecule has 5 heteroatoms. The molecule has 0 saturated heterocycles. The maximum Gasteiger partial charge on any atom is 0.323 e. The highest BCUT2D eigenvalue weighted by Crippen LogP contribution is 2.03. The second-order valence-corrected chi connectivity index (χ2v) is 3.86. The Morgan fingerprint density at radius 3 is 2.38 bits per heavy atom. The summed E-state index contributed by atoms with van der Waals surface area (Å²) in [5.74, 6) is -1.14. The van der Waals surface area contributed by atoms with Crippen molar-refractivity contribution in [3.8, 4) is 0 Å². The molecular weight excluding hydrogens is 208 g/mol. The van der Waals surface area contributed by atoms with Crippen molar-refractivity contribution in [3.63, 3.8) is 0 Å². The summed E-state index contributed by atoms with van der Waals surface area (Å²) in [6, 6.07) is -0.923. The standard InChI is InChI=1S/C11H22N2O3/c1-2-3-4-5-6-7-16-11(15)9(12)8-10(13)14/h9H,2-8,12H2,1H3,(H2,13,14)/t9-/m0/s1. The molecule has 0 saturated carbocycles. The molecule has 0 fully saturated rings. The van der Waals surface area contributed by atoms with Crippen LogP contribution in [0.4, 0.5) is 0 Å². The van der Waals surface area contributed by atoms with E-state index < -0.39 is 17.9 Å². The van der Waals surface area contributed by atoms with Crippen molar-refractivity contribution in [3.05, 3.63) is 0 Å². The number of ether oxygens (including phenoxy) is 1. The molecule has 0 aromatic heterocycles. The van der Waals surface area contributed by atoms with Gasteiger partial charge < -0.3 is 16.2 Å². The van der Waals surface area contributed by atoms with E-state index in [4.69, 9.17) is 16.2 Å². The van der Waals surface area contributed by atoms with Crippen LogP contribution in [-0.2, 0) is 14.3 Å². The van der Waals surface area contributed by atoms with Gasteiger partial charge in [-0.15, -0.1) is 0 Å². The molecule has 0 aromatic carbocycles. The van der Waals surface area contributed by atoms with E-state index in [9.17, 15) is 9.59 Å². The molecule has 0 aliphatic rings. The van der Waals surface area contributed by atoms with E-state index in [0.29, 0.717) is 6.61 Å². The molecule has 0 aromatic rings. The molecule has 16 heavy (non-hydrogen) atoms. The molecule has 5 nitrogen and oxygen atoms in total. The number of carbonyl (C=O) groups excluding carboxylic acids is 2. The fraction of sp³-hybridized carbons (Fsp3) is 0.818. The summed E-state index contributed by atoms with van der Waals surface area (Å²) in [6.07, 6.45) is 5.27. The van der Waals surface area contributed by atoms with Gasteiger partial charge in [-0.2, -0.15) is 0 Å². The highest BCUT2D eigenvalue weighted by molar-refractivity contribution is 5.84. The molecule has 0 radical (unpaired) electrons. The van der Waals surface area contributed by atoms with Crippen LogP contribution in [0.25, 0.3) is 0 Å². The average Bonchev–Trinajstić information content (AvgIpc) is 2.21. The van der Waals surface area contributed by atoms with Crippen LogP contribution in [0, 0.1) is 0 Å². The third-order valence-electron chi connectivity index (χ3n) is 2.22. The normalized spacial score (nSPS) is 12.1. The zero-order valence-corrected chi connectivity index (χ0v) is 9.91. The molecule has 0 aliphatic heterocycles. The number of amides is 1. The first kappa shape index (κ1) is 14.9. The Hall–Kier alpha value is -1.10. The maximum absolute atomic E-state index is 11.2. The van der Waals surface area contributed by atoms with Crippen molar-refractivity contribution in [1.29, 1.82) is 0 Å². The second-order valence-electron chi connectivity index (χ2n) is 3.86. The Bertz CT molecular complexity index is 219. The third-order valence-corrected chi connectivity index (χ3v) is 2.22. The summed E-state index contributed by atoms with van der Waals surface area (Å²) >= 11 is 0. The van der Waals surface area contributed by atoms with Crippen LogP contribution in [0.5, 0.6) is 0 Å². The molecule has 1 amide bonds. The zero-order valence-electron chi connectivity index (χ0n) is 9.91. The molecule has 4 N–H and O–H groups in total. The van der Waals surface area contributed by atoms with Gasteiger partial charge in [0.1, 0.15) is 6.04 Å². The Morgan fingerprint density at radius 2 is 1.81 bits per heavy atom. The third kappa shape index (κ3) is 8.23. The summed E-state index contributed by atoms with van der Waals surface area (Å²) < 4.78 is 4.91. The Morgan fingerprint density at radius 1 is 1.19 bits per heavy atom. The number of carbonyl (C=O) groups is 2. The van der Waals surface area contributed by atoms with Crippen molar-refractivity contribution in [1.82, 2.24) is 0 Å². The molecule has 0 rings (SSSR count). The lowest BCUT2D eigenvalue weighted by Gasteiger charge is -2.09. The molecule has 1 atom stereocenters. The van der Waals surface area contributed by atoms with E-state index in [0.717, 1.165) is 19.3 Å². The fourth-order valence-corrected chi connectivity index (χ4v) is 1.29. The van der Waals surface area contributed by atoms with Crippen LogP contribution >= 0.6 is 0 Å². The number of nitrogens with two attached hydrogens (primary N) is 2. The van der Waals surface area contributed by atoms with Crippen molar-refractivity contribution in [2.45, 2.75) is 51.5 Å². The minimum atomic E-state index is -0.923. The monoisotopic (exact) mass is 230 g/mol. The van der Waals surface area contributed by atoms with E-state index in [1.165, 1.54) is 12.8 Å². The molecule has 94 valence electrons. The van der Waals surface area contributed by atoms with Crippen LogP contribution in [0.3, 0.4) is 0 Å². The summed E-state index contributed by atoms with van der Waals surface area (Å²) in [7, 11) is 0. The van der Waals surface area contributed by atoms with Crippen molar-refractivity contribution < 1.29 is 14.3 Å². The van der Waals surface area contributed by atoms with Gasteiger partial charge in [0.05, 0.1) is 13.0 Å². The van der Waals surface area contributed by atoms with Gasteiger partial charge in [0, 0.05) is 0 Å². The SMILES string of the molecule is CCCCCCCOC(=O)[C@@H](N)CC(N)=O. The van der Waals surface area contributed by atoms with E-state index in [1.54, 1.807) is 0 Å². The van der Waals surface area contributed by atoms with Crippen LogP contribution in [0.1, 0.15) is 45.4 Å². The number of rotatable bonds is 9. The van der Waals surface area contributed by atoms with Gasteiger partial charge in [-0.25, -0.2) is 0 Å². The minimum absolute atomic E-state index is 0.158. The van der Waals surface area contributed by atoms with Gasteiger partial charge in [0.25, 0.3) is 0 Å². The zero-order chi connectivity index (χ0) is 12.4.